The maximum atomic E-state index is 13.0. The van der Waals surface area contributed by atoms with Gasteiger partial charge in [-0.15, -0.1) is 0 Å². The fraction of sp³-hybridized carbons (Fsp3) is 0.0625. The van der Waals surface area contributed by atoms with E-state index < -0.39 is 17.7 Å². The Hall–Kier alpha value is -3.42. The van der Waals surface area contributed by atoms with Crippen LogP contribution in [0.5, 0.6) is 5.75 Å². The molecule has 0 saturated heterocycles. The molecule has 24 heavy (non-hydrogen) atoms. The van der Waals surface area contributed by atoms with E-state index in [0.717, 1.165) is 6.07 Å². The van der Waals surface area contributed by atoms with Gasteiger partial charge in [-0.25, -0.2) is 9.18 Å². The summed E-state index contributed by atoms with van der Waals surface area (Å²) in [5, 5.41) is 3.51. The summed E-state index contributed by atoms with van der Waals surface area (Å²) in [6.07, 6.45) is 0. The molecule has 2 aromatic rings. The van der Waals surface area contributed by atoms with Gasteiger partial charge in [-0.3, -0.25) is 4.79 Å². The highest BCUT2D eigenvalue weighted by Gasteiger charge is 2.09. The van der Waals surface area contributed by atoms with Crippen molar-refractivity contribution in [3.63, 3.8) is 0 Å². The summed E-state index contributed by atoms with van der Waals surface area (Å²) in [7, 11) is 0. The average Bonchev–Trinajstić information content (AvgIpc) is 2.58. The number of amidine groups is 1. The summed E-state index contributed by atoms with van der Waals surface area (Å²) in [5.41, 5.74) is 11.2. The van der Waals surface area contributed by atoms with Gasteiger partial charge in [0, 0.05) is 5.56 Å². The van der Waals surface area contributed by atoms with E-state index >= 15 is 0 Å². The highest BCUT2D eigenvalue weighted by Crippen LogP contribution is 2.12. The summed E-state index contributed by atoms with van der Waals surface area (Å²) in [5.74, 6) is -1.63. The molecule has 4 N–H and O–H groups in total. The molecule has 0 atom stereocenters. The molecule has 0 heterocycles. The minimum absolute atomic E-state index is 0.0155. The first-order valence-corrected chi connectivity index (χ1v) is 6.77. The average molecular weight is 331 g/mol. The standard InChI is InChI=1S/C16H14FN3O4/c17-12-3-1-2-11(8-12)16(22)24-20-15(19)10-4-6-13(7-5-10)23-9-14(18)21/h1-8H,9H2,(H2,18,21)(H2,19,20). The van der Waals surface area contributed by atoms with Gasteiger partial charge in [0.2, 0.25) is 0 Å². The van der Waals surface area contributed by atoms with Crippen LogP contribution in [-0.4, -0.2) is 24.3 Å². The molecule has 0 saturated carbocycles. The number of carbonyl (C=O) groups is 2. The molecule has 7 nitrogen and oxygen atoms in total. The van der Waals surface area contributed by atoms with Gasteiger partial charge in [-0.2, -0.15) is 0 Å². The number of carbonyl (C=O) groups excluding carboxylic acids is 2. The molecule has 0 aliphatic heterocycles. The Morgan fingerprint density at radius 1 is 1.04 bits per heavy atom. The van der Waals surface area contributed by atoms with Crippen molar-refractivity contribution in [3.8, 4) is 5.75 Å². The van der Waals surface area contributed by atoms with E-state index in [4.69, 9.17) is 16.2 Å². The lowest BCUT2D eigenvalue weighted by Crippen LogP contribution is -2.20. The van der Waals surface area contributed by atoms with Crippen LogP contribution in [0.1, 0.15) is 15.9 Å². The fourth-order valence-electron chi connectivity index (χ4n) is 1.69. The number of nitrogens with two attached hydrogens (primary N) is 2. The minimum Gasteiger partial charge on any atom is -0.484 e. The molecular weight excluding hydrogens is 317 g/mol. The van der Waals surface area contributed by atoms with E-state index in [2.05, 4.69) is 9.99 Å². The Morgan fingerprint density at radius 3 is 2.38 bits per heavy atom. The number of nitrogens with zero attached hydrogens (tertiary/aromatic N) is 1. The molecular formula is C16H14FN3O4. The molecule has 0 aromatic heterocycles. The van der Waals surface area contributed by atoms with Crippen molar-refractivity contribution >= 4 is 17.7 Å². The van der Waals surface area contributed by atoms with Crippen molar-refractivity contribution in [1.29, 1.82) is 0 Å². The van der Waals surface area contributed by atoms with Gasteiger partial charge in [-0.05, 0) is 42.5 Å². The lowest BCUT2D eigenvalue weighted by molar-refractivity contribution is -0.119. The number of amides is 1. The third-order valence-electron chi connectivity index (χ3n) is 2.82. The zero-order valence-electron chi connectivity index (χ0n) is 12.4. The van der Waals surface area contributed by atoms with Crippen molar-refractivity contribution < 1.29 is 23.6 Å². The first-order chi connectivity index (χ1) is 11.5. The van der Waals surface area contributed by atoms with Crippen LogP contribution in [0, 0.1) is 5.82 Å². The minimum atomic E-state index is -0.834. The molecule has 2 rings (SSSR count). The van der Waals surface area contributed by atoms with E-state index in [0.29, 0.717) is 11.3 Å². The molecule has 1 amide bonds. The predicted octanol–water partition coefficient (Wildman–Crippen LogP) is 1.17. The predicted molar refractivity (Wildman–Crippen MR) is 83.7 cm³/mol. The van der Waals surface area contributed by atoms with Crippen LogP contribution in [0.15, 0.2) is 53.7 Å². The molecule has 0 spiro atoms. The number of oxime groups is 1. The van der Waals surface area contributed by atoms with Crippen molar-refractivity contribution in [2.24, 2.45) is 16.6 Å². The molecule has 0 unspecified atom stereocenters. The third-order valence-corrected chi connectivity index (χ3v) is 2.82. The number of halogens is 1. The van der Waals surface area contributed by atoms with Gasteiger partial charge in [0.25, 0.3) is 5.91 Å². The smallest absolute Gasteiger partial charge is 0.365 e. The second-order valence-corrected chi connectivity index (χ2v) is 4.64. The normalized spacial score (nSPS) is 11.0. The lowest BCUT2D eigenvalue weighted by Gasteiger charge is -2.05. The first-order valence-electron chi connectivity index (χ1n) is 6.77. The number of ether oxygens (including phenoxy) is 1. The second kappa shape index (κ2) is 7.73. The van der Waals surface area contributed by atoms with Crippen molar-refractivity contribution in [2.45, 2.75) is 0 Å². The zero-order chi connectivity index (χ0) is 17.5. The van der Waals surface area contributed by atoms with Gasteiger partial charge in [0.1, 0.15) is 11.6 Å². The quantitative estimate of drug-likeness (QED) is 0.356. The number of hydrogen-bond acceptors (Lipinski definition) is 5. The van der Waals surface area contributed by atoms with Gasteiger partial charge in [0.15, 0.2) is 12.4 Å². The Kier molecular flexibility index (Phi) is 5.45. The topological polar surface area (TPSA) is 117 Å². The van der Waals surface area contributed by atoms with Crippen molar-refractivity contribution in [2.75, 3.05) is 6.61 Å². The van der Waals surface area contributed by atoms with Crippen LogP contribution >= 0.6 is 0 Å². The molecule has 0 aliphatic carbocycles. The lowest BCUT2D eigenvalue weighted by atomic mass is 10.2. The maximum Gasteiger partial charge on any atom is 0.365 e. The molecule has 0 aliphatic rings. The van der Waals surface area contributed by atoms with Crippen molar-refractivity contribution in [3.05, 3.63) is 65.5 Å². The Bertz CT molecular complexity index is 775. The summed E-state index contributed by atoms with van der Waals surface area (Å²) in [6.45, 7) is -0.242. The van der Waals surface area contributed by atoms with E-state index in [1.165, 1.54) is 18.2 Å². The van der Waals surface area contributed by atoms with Gasteiger partial charge >= 0.3 is 5.97 Å². The molecule has 124 valence electrons. The van der Waals surface area contributed by atoms with Crippen LogP contribution in [0.4, 0.5) is 4.39 Å². The number of hydrogen-bond donors (Lipinski definition) is 2. The summed E-state index contributed by atoms with van der Waals surface area (Å²) < 4.78 is 18.1. The molecule has 0 radical (unpaired) electrons. The van der Waals surface area contributed by atoms with Crippen LogP contribution in [0.3, 0.4) is 0 Å². The summed E-state index contributed by atoms with van der Waals surface area (Å²) in [4.78, 5) is 27.0. The number of rotatable bonds is 6. The summed E-state index contributed by atoms with van der Waals surface area (Å²) in [6, 6.07) is 11.2. The van der Waals surface area contributed by atoms with Crippen LogP contribution < -0.4 is 16.2 Å². The fourth-order valence-corrected chi connectivity index (χ4v) is 1.69. The maximum absolute atomic E-state index is 13.0. The van der Waals surface area contributed by atoms with Gasteiger partial charge in [0.05, 0.1) is 5.56 Å². The van der Waals surface area contributed by atoms with Gasteiger partial charge < -0.3 is 21.0 Å². The van der Waals surface area contributed by atoms with Gasteiger partial charge in [-0.1, -0.05) is 11.2 Å². The van der Waals surface area contributed by atoms with Crippen LogP contribution in [0.2, 0.25) is 0 Å². The zero-order valence-corrected chi connectivity index (χ0v) is 12.4. The van der Waals surface area contributed by atoms with Crippen molar-refractivity contribution in [1.82, 2.24) is 0 Å². The Morgan fingerprint density at radius 2 is 1.75 bits per heavy atom. The summed E-state index contributed by atoms with van der Waals surface area (Å²) >= 11 is 0. The Balaban J connectivity index is 2.00. The molecule has 0 fully saturated rings. The largest absolute Gasteiger partial charge is 0.484 e. The highest BCUT2D eigenvalue weighted by atomic mass is 19.1. The molecule has 0 bridgehead atoms. The molecule has 8 heteroatoms. The van der Waals surface area contributed by atoms with E-state index in [-0.39, 0.29) is 18.0 Å². The third kappa shape index (κ3) is 4.80. The first kappa shape index (κ1) is 16.9. The van der Waals surface area contributed by atoms with E-state index in [1.807, 2.05) is 0 Å². The van der Waals surface area contributed by atoms with E-state index in [1.54, 1.807) is 24.3 Å². The molecule has 2 aromatic carbocycles. The SMILES string of the molecule is NC(=O)COc1ccc(/C(N)=N/OC(=O)c2cccc(F)c2)cc1. The van der Waals surface area contributed by atoms with Crippen LogP contribution in [-0.2, 0) is 9.63 Å². The van der Waals surface area contributed by atoms with E-state index in [9.17, 15) is 14.0 Å². The number of benzene rings is 2. The monoisotopic (exact) mass is 331 g/mol. The highest BCUT2D eigenvalue weighted by molar-refractivity contribution is 5.98. The second-order valence-electron chi connectivity index (χ2n) is 4.64. The Labute approximate surface area is 136 Å². The number of primary amides is 1. The van der Waals surface area contributed by atoms with Crippen LogP contribution in [0.25, 0.3) is 0 Å².